The Hall–Kier alpha value is -1.19. The van der Waals surface area contributed by atoms with E-state index in [1.165, 1.54) is 11.1 Å². The zero-order valence-electron chi connectivity index (χ0n) is 10.4. The van der Waals surface area contributed by atoms with Gasteiger partial charge in [0, 0.05) is 17.5 Å². The van der Waals surface area contributed by atoms with Crippen molar-refractivity contribution in [3.63, 3.8) is 0 Å². The fourth-order valence-corrected chi connectivity index (χ4v) is 3.34. The van der Waals surface area contributed by atoms with Gasteiger partial charge in [0.2, 0.25) is 0 Å². The van der Waals surface area contributed by atoms with E-state index in [-0.39, 0.29) is 17.8 Å². The molecule has 3 rings (SSSR count). The molecule has 2 N–H and O–H groups in total. The van der Waals surface area contributed by atoms with Gasteiger partial charge in [-0.2, -0.15) is 0 Å². The quantitative estimate of drug-likeness (QED) is 0.876. The highest BCUT2D eigenvalue weighted by Crippen LogP contribution is 2.41. The average Bonchev–Trinajstić information content (AvgIpc) is 2.85. The van der Waals surface area contributed by atoms with Crippen molar-refractivity contribution in [1.82, 2.24) is 0 Å². The van der Waals surface area contributed by atoms with Crippen molar-refractivity contribution in [1.29, 1.82) is 0 Å². The van der Waals surface area contributed by atoms with Crippen molar-refractivity contribution in [3.05, 3.63) is 69.4 Å². The molecule has 0 heterocycles. The molecule has 2 aromatic rings. The SMILES string of the molecule is NC(c1cccc(Br)c1F)C1CCc2ccccc21. The molecular formula is C16H15BrFN. The Bertz CT molecular complexity index is 611. The van der Waals surface area contributed by atoms with Gasteiger partial charge in [0.25, 0.3) is 0 Å². The van der Waals surface area contributed by atoms with E-state index in [0.29, 0.717) is 10.0 Å². The number of hydrogen-bond donors (Lipinski definition) is 1. The van der Waals surface area contributed by atoms with Gasteiger partial charge in [-0.3, -0.25) is 0 Å². The minimum atomic E-state index is -0.291. The topological polar surface area (TPSA) is 26.0 Å². The normalized spacial score (nSPS) is 19.2. The molecule has 0 saturated carbocycles. The van der Waals surface area contributed by atoms with Gasteiger partial charge >= 0.3 is 0 Å². The lowest BCUT2D eigenvalue weighted by Gasteiger charge is -2.21. The molecule has 1 nitrogen and oxygen atoms in total. The lowest BCUT2D eigenvalue weighted by molar-refractivity contribution is 0.511. The van der Waals surface area contributed by atoms with Crippen LogP contribution < -0.4 is 5.73 Å². The third kappa shape index (κ3) is 2.21. The number of rotatable bonds is 2. The van der Waals surface area contributed by atoms with Gasteiger partial charge in [0.15, 0.2) is 0 Å². The molecule has 0 fully saturated rings. The van der Waals surface area contributed by atoms with Gasteiger partial charge in [0.1, 0.15) is 5.82 Å². The predicted molar refractivity (Wildman–Crippen MR) is 78.5 cm³/mol. The van der Waals surface area contributed by atoms with Crippen LogP contribution in [0.25, 0.3) is 0 Å². The Morgan fingerprint density at radius 2 is 1.95 bits per heavy atom. The molecular weight excluding hydrogens is 305 g/mol. The second-order valence-corrected chi connectivity index (χ2v) is 5.87. The maximum Gasteiger partial charge on any atom is 0.142 e. The standard InChI is InChI=1S/C16H15BrFN/c17-14-7-3-6-13(15(14)18)16(19)12-9-8-10-4-1-2-5-11(10)12/h1-7,12,16H,8-9,19H2. The summed E-state index contributed by atoms with van der Waals surface area (Å²) in [6.07, 6.45) is 2.02. The zero-order chi connectivity index (χ0) is 13.4. The number of benzene rings is 2. The Morgan fingerprint density at radius 3 is 2.79 bits per heavy atom. The zero-order valence-corrected chi connectivity index (χ0v) is 12.0. The second-order valence-electron chi connectivity index (χ2n) is 5.01. The van der Waals surface area contributed by atoms with E-state index in [2.05, 4.69) is 28.1 Å². The summed E-state index contributed by atoms with van der Waals surface area (Å²) in [6.45, 7) is 0. The Kier molecular flexibility index (Phi) is 3.42. The largest absolute Gasteiger partial charge is 0.323 e. The minimum Gasteiger partial charge on any atom is -0.323 e. The molecule has 0 bridgehead atoms. The van der Waals surface area contributed by atoms with Crippen molar-refractivity contribution >= 4 is 15.9 Å². The van der Waals surface area contributed by atoms with Crippen LogP contribution in [0.3, 0.4) is 0 Å². The van der Waals surface area contributed by atoms with Crippen molar-refractivity contribution in [2.75, 3.05) is 0 Å². The summed E-state index contributed by atoms with van der Waals surface area (Å²) in [7, 11) is 0. The van der Waals surface area contributed by atoms with E-state index in [1.54, 1.807) is 12.1 Å². The van der Waals surface area contributed by atoms with Gasteiger partial charge in [-0.05, 0) is 46.0 Å². The van der Waals surface area contributed by atoms with Crippen LogP contribution in [-0.2, 0) is 6.42 Å². The summed E-state index contributed by atoms with van der Waals surface area (Å²) in [5.41, 5.74) is 9.54. The fraction of sp³-hybridized carbons (Fsp3) is 0.250. The van der Waals surface area contributed by atoms with Crippen molar-refractivity contribution < 1.29 is 4.39 Å². The van der Waals surface area contributed by atoms with Gasteiger partial charge < -0.3 is 5.73 Å². The number of nitrogens with two attached hydrogens (primary N) is 1. The molecule has 1 aliphatic rings. The first-order chi connectivity index (χ1) is 9.18. The van der Waals surface area contributed by atoms with E-state index in [1.807, 2.05) is 18.2 Å². The molecule has 0 amide bonds. The number of fused-ring (bicyclic) bond motifs is 1. The maximum absolute atomic E-state index is 14.2. The molecule has 19 heavy (non-hydrogen) atoms. The van der Waals surface area contributed by atoms with Gasteiger partial charge in [-0.15, -0.1) is 0 Å². The van der Waals surface area contributed by atoms with E-state index in [0.717, 1.165) is 12.8 Å². The highest BCUT2D eigenvalue weighted by molar-refractivity contribution is 9.10. The highest BCUT2D eigenvalue weighted by atomic mass is 79.9. The number of hydrogen-bond acceptors (Lipinski definition) is 1. The van der Waals surface area contributed by atoms with Crippen LogP contribution in [0.4, 0.5) is 4.39 Å². The van der Waals surface area contributed by atoms with Gasteiger partial charge in [0.05, 0.1) is 4.47 Å². The molecule has 0 spiro atoms. The Balaban J connectivity index is 1.98. The monoisotopic (exact) mass is 319 g/mol. The van der Waals surface area contributed by atoms with E-state index < -0.39 is 0 Å². The van der Waals surface area contributed by atoms with Crippen molar-refractivity contribution in [3.8, 4) is 0 Å². The molecule has 3 heteroatoms. The third-order valence-electron chi connectivity index (χ3n) is 3.95. The Labute approximate surface area is 120 Å². The fourth-order valence-electron chi connectivity index (χ4n) is 2.96. The summed E-state index contributed by atoms with van der Waals surface area (Å²) in [4.78, 5) is 0. The molecule has 2 atom stereocenters. The van der Waals surface area contributed by atoms with Crippen LogP contribution >= 0.6 is 15.9 Å². The highest BCUT2D eigenvalue weighted by Gasteiger charge is 2.29. The molecule has 0 aromatic heterocycles. The lowest BCUT2D eigenvalue weighted by Crippen LogP contribution is -2.19. The first kappa shape index (κ1) is 12.8. The van der Waals surface area contributed by atoms with Gasteiger partial charge in [-0.1, -0.05) is 36.4 Å². The number of halogens is 2. The summed E-state index contributed by atoms with van der Waals surface area (Å²) in [5.74, 6) is -0.0284. The molecule has 98 valence electrons. The van der Waals surface area contributed by atoms with Crippen LogP contribution in [-0.4, -0.2) is 0 Å². The predicted octanol–water partition coefficient (Wildman–Crippen LogP) is 4.32. The number of aryl methyl sites for hydroxylation is 1. The molecule has 1 aliphatic carbocycles. The second kappa shape index (κ2) is 5.06. The summed E-state index contributed by atoms with van der Waals surface area (Å²) < 4.78 is 14.6. The van der Waals surface area contributed by atoms with Crippen LogP contribution in [0, 0.1) is 5.82 Å². The van der Waals surface area contributed by atoms with Crippen molar-refractivity contribution in [2.24, 2.45) is 5.73 Å². The van der Waals surface area contributed by atoms with Crippen LogP contribution in [0.5, 0.6) is 0 Å². The molecule has 0 saturated heterocycles. The maximum atomic E-state index is 14.2. The average molecular weight is 320 g/mol. The molecule has 2 aromatic carbocycles. The third-order valence-corrected chi connectivity index (χ3v) is 4.57. The summed E-state index contributed by atoms with van der Waals surface area (Å²) in [5, 5.41) is 0. The Morgan fingerprint density at radius 1 is 1.16 bits per heavy atom. The van der Waals surface area contributed by atoms with Gasteiger partial charge in [-0.25, -0.2) is 4.39 Å². The van der Waals surface area contributed by atoms with E-state index in [9.17, 15) is 4.39 Å². The van der Waals surface area contributed by atoms with Crippen molar-refractivity contribution in [2.45, 2.75) is 24.8 Å². The van der Waals surface area contributed by atoms with E-state index in [4.69, 9.17) is 5.73 Å². The van der Waals surface area contributed by atoms with Crippen LogP contribution in [0.1, 0.15) is 35.1 Å². The van der Waals surface area contributed by atoms with Crippen LogP contribution in [0.2, 0.25) is 0 Å². The minimum absolute atomic E-state index is 0.208. The first-order valence-corrected chi connectivity index (χ1v) is 7.25. The lowest BCUT2D eigenvalue weighted by atomic mass is 9.89. The van der Waals surface area contributed by atoms with E-state index >= 15 is 0 Å². The molecule has 0 radical (unpaired) electrons. The summed E-state index contributed by atoms with van der Waals surface area (Å²) >= 11 is 3.22. The van der Waals surface area contributed by atoms with Crippen LogP contribution in [0.15, 0.2) is 46.9 Å². The smallest absolute Gasteiger partial charge is 0.142 e. The molecule has 0 aliphatic heterocycles. The molecule has 2 unspecified atom stereocenters. The first-order valence-electron chi connectivity index (χ1n) is 6.46. The summed E-state index contributed by atoms with van der Waals surface area (Å²) in [6, 6.07) is 13.4.